The van der Waals surface area contributed by atoms with Gasteiger partial charge in [0.25, 0.3) is 5.91 Å². The Morgan fingerprint density at radius 1 is 1.14 bits per heavy atom. The lowest BCUT2D eigenvalue weighted by atomic mass is 10.1. The average molecular weight is 279 g/mol. The van der Waals surface area contributed by atoms with Gasteiger partial charge in [0.15, 0.2) is 0 Å². The number of nitrogens with one attached hydrogen (secondary N) is 1. The number of carbonyl (C=O) groups is 1. The molecule has 2 rings (SSSR count). The molecular formula is C18H17NO2. The van der Waals surface area contributed by atoms with Gasteiger partial charge < -0.3 is 10.1 Å². The number of methoxy groups -OCH3 is 1. The van der Waals surface area contributed by atoms with Crippen LogP contribution in [0.1, 0.15) is 27.0 Å². The molecule has 21 heavy (non-hydrogen) atoms. The molecule has 0 spiro atoms. The predicted octanol–water partition coefficient (Wildman–Crippen LogP) is 3.55. The lowest BCUT2D eigenvalue weighted by Gasteiger charge is -2.09. The average Bonchev–Trinajstić information content (AvgIpc) is 2.46. The van der Waals surface area contributed by atoms with E-state index in [1.165, 1.54) is 0 Å². The maximum Gasteiger partial charge on any atom is 0.255 e. The molecule has 0 saturated heterocycles. The SMILES string of the molecule is C#Cc1cc(NC(=O)c2cc(C)cc(C)c2)ccc1OC. The molecule has 1 N–H and O–H groups in total. The summed E-state index contributed by atoms with van der Waals surface area (Å²) in [6.45, 7) is 3.93. The van der Waals surface area contributed by atoms with Gasteiger partial charge in [0.2, 0.25) is 0 Å². The standard InChI is InChI=1S/C18H17NO2/c1-5-14-11-16(6-7-17(14)21-4)19-18(20)15-9-12(2)8-13(3)10-15/h1,6-11H,2-4H3,(H,19,20). The van der Waals surface area contributed by atoms with Crippen molar-refractivity contribution in [3.63, 3.8) is 0 Å². The van der Waals surface area contributed by atoms with E-state index in [0.29, 0.717) is 22.6 Å². The molecule has 106 valence electrons. The Labute approximate surface area is 125 Å². The van der Waals surface area contributed by atoms with Crippen molar-refractivity contribution >= 4 is 11.6 Å². The zero-order valence-corrected chi connectivity index (χ0v) is 12.4. The summed E-state index contributed by atoms with van der Waals surface area (Å²) in [4.78, 5) is 12.3. The van der Waals surface area contributed by atoms with Gasteiger partial charge >= 0.3 is 0 Å². The minimum atomic E-state index is -0.157. The number of carbonyl (C=O) groups excluding carboxylic acids is 1. The zero-order valence-electron chi connectivity index (χ0n) is 12.4. The van der Waals surface area contributed by atoms with Crippen LogP contribution in [0, 0.1) is 26.2 Å². The molecule has 0 fully saturated rings. The Bertz CT molecular complexity index is 706. The number of terminal acetylenes is 1. The van der Waals surface area contributed by atoms with Crippen LogP contribution in [0.15, 0.2) is 36.4 Å². The van der Waals surface area contributed by atoms with Crippen LogP contribution in [-0.4, -0.2) is 13.0 Å². The van der Waals surface area contributed by atoms with Crippen LogP contribution in [-0.2, 0) is 0 Å². The molecule has 0 aliphatic heterocycles. The van der Waals surface area contributed by atoms with Crippen molar-refractivity contribution in [3.05, 3.63) is 58.7 Å². The van der Waals surface area contributed by atoms with Crippen LogP contribution in [0.4, 0.5) is 5.69 Å². The second-order valence-corrected chi connectivity index (χ2v) is 4.89. The molecule has 0 aromatic heterocycles. The lowest BCUT2D eigenvalue weighted by molar-refractivity contribution is 0.102. The highest BCUT2D eigenvalue weighted by atomic mass is 16.5. The molecule has 2 aromatic rings. The highest BCUT2D eigenvalue weighted by molar-refractivity contribution is 6.04. The molecule has 0 unspecified atom stereocenters. The van der Waals surface area contributed by atoms with Crippen molar-refractivity contribution in [2.75, 3.05) is 12.4 Å². The molecule has 3 nitrogen and oxygen atoms in total. The summed E-state index contributed by atoms with van der Waals surface area (Å²) in [5, 5.41) is 2.85. The highest BCUT2D eigenvalue weighted by Crippen LogP contribution is 2.22. The van der Waals surface area contributed by atoms with Crippen molar-refractivity contribution in [2.45, 2.75) is 13.8 Å². The Balaban J connectivity index is 2.25. The largest absolute Gasteiger partial charge is 0.495 e. The second kappa shape index (κ2) is 6.15. The highest BCUT2D eigenvalue weighted by Gasteiger charge is 2.09. The molecule has 3 heteroatoms. The van der Waals surface area contributed by atoms with Gasteiger partial charge in [-0.1, -0.05) is 23.1 Å². The van der Waals surface area contributed by atoms with Crippen LogP contribution in [0.3, 0.4) is 0 Å². The topological polar surface area (TPSA) is 38.3 Å². The fourth-order valence-electron chi connectivity index (χ4n) is 2.21. The quantitative estimate of drug-likeness (QED) is 0.873. The fourth-order valence-corrected chi connectivity index (χ4v) is 2.21. The van der Waals surface area contributed by atoms with Gasteiger partial charge in [0, 0.05) is 11.3 Å². The van der Waals surface area contributed by atoms with Gasteiger partial charge in [0.05, 0.1) is 12.7 Å². The van der Waals surface area contributed by atoms with Gasteiger partial charge in [-0.15, -0.1) is 6.42 Å². The van der Waals surface area contributed by atoms with E-state index in [1.54, 1.807) is 25.3 Å². The molecule has 0 bridgehead atoms. The summed E-state index contributed by atoms with van der Waals surface area (Å²) in [7, 11) is 1.56. The smallest absolute Gasteiger partial charge is 0.255 e. The lowest BCUT2D eigenvalue weighted by Crippen LogP contribution is -2.12. The Hall–Kier alpha value is -2.73. The molecule has 0 heterocycles. The minimum absolute atomic E-state index is 0.157. The van der Waals surface area contributed by atoms with E-state index >= 15 is 0 Å². The van der Waals surface area contributed by atoms with E-state index < -0.39 is 0 Å². The third-order valence-electron chi connectivity index (χ3n) is 3.10. The monoisotopic (exact) mass is 279 g/mol. The molecular weight excluding hydrogens is 262 g/mol. The summed E-state index contributed by atoms with van der Waals surface area (Å²) in [6, 6.07) is 11.0. The molecule has 0 radical (unpaired) electrons. The van der Waals surface area contributed by atoms with Gasteiger partial charge in [0.1, 0.15) is 5.75 Å². The van der Waals surface area contributed by atoms with Crippen molar-refractivity contribution in [2.24, 2.45) is 0 Å². The number of rotatable bonds is 3. The van der Waals surface area contributed by atoms with Crippen LogP contribution in [0.25, 0.3) is 0 Å². The summed E-state index contributed by atoms with van der Waals surface area (Å²) >= 11 is 0. The van der Waals surface area contributed by atoms with Gasteiger partial charge in [-0.05, 0) is 44.2 Å². The second-order valence-electron chi connectivity index (χ2n) is 4.89. The van der Waals surface area contributed by atoms with E-state index in [2.05, 4.69) is 11.2 Å². The normalized spacial score (nSPS) is 9.81. The van der Waals surface area contributed by atoms with Crippen LogP contribution >= 0.6 is 0 Å². The molecule has 0 aliphatic carbocycles. The third kappa shape index (κ3) is 3.43. The van der Waals surface area contributed by atoms with Crippen LogP contribution in [0.2, 0.25) is 0 Å². The third-order valence-corrected chi connectivity index (χ3v) is 3.10. The number of hydrogen-bond acceptors (Lipinski definition) is 2. The first-order valence-corrected chi connectivity index (χ1v) is 6.58. The van der Waals surface area contributed by atoms with E-state index in [9.17, 15) is 4.79 Å². The number of benzene rings is 2. The fraction of sp³-hybridized carbons (Fsp3) is 0.167. The summed E-state index contributed by atoms with van der Waals surface area (Å²) in [5.41, 5.74) is 3.99. The number of hydrogen-bond donors (Lipinski definition) is 1. The van der Waals surface area contributed by atoms with Crippen molar-refractivity contribution in [3.8, 4) is 18.1 Å². The zero-order chi connectivity index (χ0) is 15.4. The first-order chi connectivity index (χ1) is 10.0. The number of anilines is 1. The number of ether oxygens (including phenoxy) is 1. The number of aryl methyl sites for hydroxylation is 2. The minimum Gasteiger partial charge on any atom is -0.495 e. The first-order valence-electron chi connectivity index (χ1n) is 6.58. The maximum absolute atomic E-state index is 12.3. The summed E-state index contributed by atoms with van der Waals surface area (Å²) < 4.78 is 5.16. The predicted molar refractivity (Wildman–Crippen MR) is 84.8 cm³/mol. The Kier molecular flexibility index (Phi) is 4.30. The molecule has 1 amide bonds. The van der Waals surface area contributed by atoms with Gasteiger partial charge in [-0.25, -0.2) is 0 Å². The van der Waals surface area contributed by atoms with E-state index in [4.69, 9.17) is 11.2 Å². The van der Waals surface area contributed by atoms with Crippen molar-refractivity contribution in [1.29, 1.82) is 0 Å². The van der Waals surface area contributed by atoms with Gasteiger partial charge in [-0.2, -0.15) is 0 Å². The van der Waals surface area contributed by atoms with Gasteiger partial charge in [-0.3, -0.25) is 4.79 Å². The Morgan fingerprint density at radius 2 is 1.81 bits per heavy atom. The molecule has 2 aromatic carbocycles. The van der Waals surface area contributed by atoms with Crippen molar-refractivity contribution in [1.82, 2.24) is 0 Å². The van der Waals surface area contributed by atoms with Crippen molar-refractivity contribution < 1.29 is 9.53 Å². The molecule has 0 aliphatic rings. The summed E-state index contributed by atoms with van der Waals surface area (Å²) in [5.74, 6) is 3.00. The van der Waals surface area contributed by atoms with E-state index in [1.807, 2.05) is 32.0 Å². The molecule has 0 saturated carbocycles. The van der Waals surface area contributed by atoms with E-state index in [-0.39, 0.29) is 5.91 Å². The Morgan fingerprint density at radius 3 is 2.38 bits per heavy atom. The van der Waals surface area contributed by atoms with Crippen LogP contribution in [0.5, 0.6) is 5.75 Å². The van der Waals surface area contributed by atoms with E-state index in [0.717, 1.165) is 11.1 Å². The van der Waals surface area contributed by atoms with Crippen LogP contribution < -0.4 is 10.1 Å². The summed E-state index contributed by atoms with van der Waals surface area (Å²) in [6.07, 6.45) is 5.43. The molecule has 0 atom stereocenters. The first kappa shape index (κ1) is 14.7. The maximum atomic E-state index is 12.3. The number of amides is 1.